The maximum atomic E-state index is 10.4. The Morgan fingerprint density at radius 3 is 2.67 bits per heavy atom. The molecule has 0 aromatic heterocycles. The highest BCUT2D eigenvalue weighted by atomic mass is 16.5. The maximum Gasteiger partial charge on any atom is 0.207 e. The van der Waals surface area contributed by atoms with Crippen LogP contribution < -0.4 is 11.1 Å². The molecule has 102 valence electrons. The zero-order valence-corrected chi connectivity index (χ0v) is 11.1. The first-order chi connectivity index (χ1) is 8.56. The Labute approximate surface area is 109 Å². The van der Waals surface area contributed by atoms with Gasteiger partial charge in [0.05, 0.1) is 24.1 Å². The lowest BCUT2D eigenvalue weighted by molar-refractivity contribution is -0.109. The van der Waals surface area contributed by atoms with Crippen molar-refractivity contribution < 1.29 is 9.53 Å². The van der Waals surface area contributed by atoms with Crippen LogP contribution in [0.25, 0.3) is 0 Å². The minimum Gasteiger partial charge on any atom is -0.386 e. The monoisotopic (exact) mass is 253 g/mol. The third kappa shape index (κ3) is 4.41. The smallest absolute Gasteiger partial charge is 0.207 e. The molecule has 1 rings (SSSR count). The lowest BCUT2D eigenvalue weighted by atomic mass is 10.2. The van der Waals surface area contributed by atoms with E-state index >= 15 is 0 Å². The molecule has 5 nitrogen and oxygen atoms in total. The highest BCUT2D eigenvalue weighted by molar-refractivity contribution is 5.47. The molecule has 0 aliphatic carbocycles. The van der Waals surface area contributed by atoms with E-state index < -0.39 is 0 Å². The van der Waals surface area contributed by atoms with Gasteiger partial charge in [0.1, 0.15) is 0 Å². The van der Waals surface area contributed by atoms with Gasteiger partial charge in [0, 0.05) is 13.1 Å². The van der Waals surface area contributed by atoms with E-state index in [-0.39, 0.29) is 18.2 Å². The fourth-order valence-corrected chi connectivity index (χ4v) is 2.09. The highest BCUT2D eigenvalue weighted by Gasteiger charge is 2.22. The van der Waals surface area contributed by atoms with E-state index in [0.717, 1.165) is 18.9 Å². The van der Waals surface area contributed by atoms with Crippen molar-refractivity contribution in [2.75, 3.05) is 13.1 Å². The van der Waals surface area contributed by atoms with Gasteiger partial charge in [-0.2, -0.15) is 0 Å². The molecular formula is C13H23N3O2. The van der Waals surface area contributed by atoms with E-state index in [1.165, 1.54) is 0 Å². The Kier molecular flexibility index (Phi) is 5.71. The summed E-state index contributed by atoms with van der Waals surface area (Å²) >= 11 is 0. The van der Waals surface area contributed by atoms with Gasteiger partial charge >= 0.3 is 0 Å². The van der Waals surface area contributed by atoms with E-state index in [9.17, 15) is 4.79 Å². The molecule has 1 amide bonds. The Morgan fingerprint density at radius 1 is 1.56 bits per heavy atom. The first kappa shape index (κ1) is 14.6. The first-order valence-corrected chi connectivity index (χ1v) is 6.25. The molecule has 0 aromatic carbocycles. The number of nitrogens with two attached hydrogens (primary N) is 1. The van der Waals surface area contributed by atoms with Crippen molar-refractivity contribution in [3.05, 3.63) is 24.6 Å². The van der Waals surface area contributed by atoms with Gasteiger partial charge in [0.15, 0.2) is 0 Å². The Balaban J connectivity index is 2.53. The second-order valence-corrected chi connectivity index (χ2v) is 4.65. The number of amides is 1. The molecule has 3 atom stereocenters. The maximum absolute atomic E-state index is 10.4. The summed E-state index contributed by atoms with van der Waals surface area (Å²) in [6.45, 7) is 9.34. The first-order valence-electron chi connectivity index (χ1n) is 6.25. The predicted octanol–water partition coefficient (Wildman–Crippen LogP) is 0.586. The zero-order chi connectivity index (χ0) is 13.5. The van der Waals surface area contributed by atoms with Gasteiger partial charge in [0.25, 0.3) is 0 Å². The number of hydrogen-bond acceptors (Lipinski definition) is 4. The minimum atomic E-state index is -0.0723. The molecule has 0 saturated carbocycles. The van der Waals surface area contributed by atoms with Gasteiger partial charge in [-0.1, -0.05) is 6.08 Å². The average molecular weight is 253 g/mol. The van der Waals surface area contributed by atoms with Crippen LogP contribution in [-0.4, -0.2) is 42.6 Å². The van der Waals surface area contributed by atoms with E-state index in [1.54, 1.807) is 6.08 Å². The van der Waals surface area contributed by atoms with Gasteiger partial charge < -0.3 is 20.7 Å². The summed E-state index contributed by atoms with van der Waals surface area (Å²) in [5, 5.41) is 2.67. The second kappa shape index (κ2) is 7.06. The number of ether oxygens (including phenoxy) is 1. The molecule has 5 heteroatoms. The molecule has 1 heterocycles. The van der Waals surface area contributed by atoms with Gasteiger partial charge in [-0.05, 0) is 26.3 Å². The molecule has 3 N–H and O–H groups in total. The zero-order valence-electron chi connectivity index (χ0n) is 11.1. The summed E-state index contributed by atoms with van der Waals surface area (Å²) in [4.78, 5) is 12.5. The second-order valence-electron chi connectivity index (χ2n) is 4.65. The van der Waals surface area contributed by atoms with Crippen LogP contribution in [0.2, 0.25) is 0 Å². The van der Waals surface area contributed by atoms with E-state index in [4.69, 9.17) is 10.5 Å². The molecule has 18 heavy (non-hydrogen) atoms. The SMILES string of the molecule is C=CC(C/C=C(\N)N1C[C@@H](C)O[C@@H](C)C1)NC=O. The normalized spacial score (nSPS) is 26.6. The molecular weight excluding hydrogens is 230 g/mol. The van der Waals surface area contributed by atoms with Crippen LogP contribution in [0.4, 0.5) is 0 Å². The number of nitrogens with zero attached hydrogens (tertiary/aromatic N) is 1. The average Bonchev–Trinajstić information content (AvgIpc) is 2.32. The van der Waals surface area contributed by atoms with Crippen LogP contribution >= 0.6 is 0 Å². The quantitative estimate of drug-likeness (QED) is 0.537. The van der Waals surface area contributed by atoms with Crippen LogP contribution in [0.1, 0.15) is 20.3 Å². The van der Waals surface area contributed by atoms with E-state index in [1.807, 2.05) is 19.9 Å². The summed E-state index contributed by atoms with van der Waals surface area (Å²) in [5.41, 5.74) is 6.05. The van der Waals surface area contributed by atoms with Crippen molar-refractivity contribution in [2.45, 2.75) is 38.5 Å². The molecule has 1 fully saturated rings. The summed E-state index contributed by atoms with van der Waals surface area (Å²) < 4.78 is 5.65. The molecule has 0 spiro atoms. The summed E-state index contributed by atoms with van der Waals surface area (Å²) in [5.74, 6) is 0.733. The lowest BCUT2D eigenvalue weighted by Crippen LogP contribution is -2.46. The topological polar surface area (TPSA) is 67.6 Å². The van der Waals surface area contributed by atoms with E-state index in [2.05, 4.69) is 16.8 Å². The van der Waals surface area contributed by atoms with Gasteiger partial charge in [-0.15, -0.1) is 6.58 Å². The molecule has 1 aliphatic rings. The number of carbonyl (C=O) groups excluding carboxylic acids is 1. The summed E-state index contributed by atoms with van der Waals surface area (Å²) in [6, 6.07) is -0.0723. The third-order valence-corrected chi connectivity index (χ3v) is 2.93. The number of rotatable bonds is 6. The van der Waals surface area contributed by atoms with Crippen molar-refractivity contribution in [3.8, 4) is 0 Å². The Hall–Kier alpha value is -1.49. The van der Waals surface area contributed by atoms with Crippen LogP contribution in [0.15, 0.2) is 24.6 Å². The standard InChI is InChI=1S/C13H23N3O2/c1-4-12(15-9-17)5-6-13(14)16-7-10(2)18-11(3)8-16/h4,6,9-12H,1,5,7-8,14H2,2-3H3,(H,15,17)/b13-6+/t10-,11+,12?. The van der Waals surface area contributed by atoms with Gasteiger partial charge in [-0.3, -0.25) is 4.79 Å². The molecule has 1 saturated heterocycles. The summed E-state index contributed by atoms with van der Waals surface area (Å²) in [6.07, 6.45) is 5.31. The molecule has 1 unspecified atom stereocenters. The van der Waals surface area contributed by atoms with Crippen molar-refractivity contribution in [2.24, 2.45) is 5.73 Å². The van der Waals surface area contributed by atoms with Crippen LogP contribution in [0.5, 0.6) is 0 Å². The fraction of sp³-hybridized carbons (Fsp3) is 0.615. The van der Waals surface area contributed by atoms with Crippen LogP contribution in [-0.2, 0) is 9.53 Å². The van der Waals surface area contributed by atoms with Gasteiger partial charge in [-0.25, -0.2) is 0 Å². The molecule has 0 bridgehead atoms. The lowest BCUT2D eigenvalue weighted by Gasteiger charge is -2.36. The number of carbonyl (C=O) groups is 1. The number of morpholine rings is 1. The molecule has 0 radical (unpaired) electrons. The number of nitrogens with one attached hydrogen (secondary N) is 1. The largest absolute Gasteiger partial charge is 0.386 e. The van der Waals surface area contributed by atoms with Crippen molar-refractivity contribution in [1.29, 1.82) is 0 Å². The van der Waals surface area contributed by atoms with Crippen LogP contribution in [0, 0.1) is 0 Å². The van der Waals surface area contributed by atoms with Crippen LogP contribution in [0.3, 0.4) is 0 Å². The highest BCUT2D eigenvalue weighted by Crippen LogP contribution is 2.13. The fourth-order valence-electron chi connectivity index (χ4n) is 2.09. The Bertz CT molecular complexity index is 307. The number of hydrogen-bond donors (Lipinski definition) is 2. The van der Waals surface area contributed by atoms with Crippen molar-refractivity contribution >= 4 is 6.41 Å². The predicted molar refractivity (Wildman–Crippen MR) is 71.7 cm³/mol. The van der Waals surface area contributed by atoms with Crippen molar-refractivity contribution in [1.82, 2.24) is 10.2 Å². The molecule has 1 aliphatic heterocycles. The molecule has 0 aromatic rings. The van der Waals surface area contributed by atoms with E-state index in [0.29, 0.717) is 12.8 Å². The van der Waals surface area contributed by atoms with Gasteiger partial charge in [0.2, 0.25) is 6.41 Å². The Morgan fingerprint density at radius 2 is 2.17 bits per heavy atom. The minimum absolute atomic E-state index is 0.0723. The summed E-state index contributed by atoms with van der Waals surface area (Å²) in [7, 11) is 0. The third-order valence-electron chi connectivity index (χ3n) is 2.93. The van der Waals surface area contributed by atoms with Crippen molar-refractivity contribution in [3.63, 3.8) is 0 Å².